The molecule has 0 atom stereocenters. The average molecular weight is 399 g/mol. The summed E-state index contributed by atoms with van der Waals surface area (Å²) in [6.07, 6.45) is 9.10. The summed E-state index contributed by atoms with van der Waals surface area (Å²) < 4.78 is 13.3. The van der Waals surface area contributed by atoms with Gasteiger partial charge in [-0.3, -0.25) is 4.79 Å². The Morgan fingerprint density at radius 3 is 2.32 bits per heavy atom. The number of amides is 1. The van der Waals surface area contributed by atoms with E-state index in [0.717, 1.165) is 66.0 Å². The van der Waals surface area contributed by atoms with Crippen LogP contribution >= 0.6 is 11.3 Å². The number of carbonyl (C=O) groups excluding carboxylic acids is 1. The van der Waals surface area contributed by atoms with E-state index in [1.165, 1.54) is 31.4 Å². The number of nitrogens with one attached hydrogen (secondary N) is 1. The summed E-state index contributed by atoms with van der Waals surface area (Å²) in [6.45, 7) is 2.14. The second-order valence-electron chi connectivity index (χ2n) is 9.20. The molecule has 3 nitrogen and oxygen atoms in total. The zero-order valence-electron chi connectivity index (χ0n) is 16.3. The first-order chi connectivity index (χ1) is 13.5. The first kappa shape index (κ1) is 18.3. The second-order valence-corrected chi connectivity index (χ2v) is 10.3. The van der Waals surface area contributed by atoms with Gasteiger partial charge in [0, 0.05) is 10.4 Å². The monoisotopic (exact) mass is 398 g/mol. The first-order valence-electron chi connectivity index (χ1n) is 10.6. The van der Waals surface area contributed by atoms with Crippen molar-refractivity contribution < 1.29 is 9.18 Å². The third-order valence-corrected chi connectivity index (χ3v) is 8.06. The molecule has 4 aliphatic rings. The highest BCUT2D eigenvalue weighted by atomic mass is 32.1. The first-order valence-corrected chi connectivity index (χ1v) is 11.4. The van der Waals surface area contributed by atoms with Crippen molar-refractivity contribution >= 4 is 22.4 Å². The van der Waals surface area contributed by atoms with Gasteiger partial charge in [-0.2, -0.15) is 0 Å². The van der Waals surface area contributed by atoms with E-state index in [0.29, 0.717) is 5.13 Å². The fourth-order valence-corrected chi connectivity index (χ4v) is 7.33. The predicted octanol–water partition coefficient (Wildman–Crippen LogP) is 6.06. The number of rotatable bonds is 5. The lowest BCUT2D eigenvalue weighted by atomic mass is 9.49. The van der Waals surface area contributed by atoms with Crippen molar-refractivity contribution in [3.8, 4) is 11.3 Å². The molecule has 1 heterocycles. The van der Waals surface area contributed by atoms with Crippen molar-refractivity contribution in [1.29, 1.82) is 0 Å². The van der Waals surface area contributed by atoms with E-state index in [9.17, 15) is 9.18 Å². The Morgan fingerprint density at radius 2 is 1.75 bits per heavy atom. The summed E-state index contributed by atoms with van der Waals surface area (Å²) in [7, 11) is 0. The molecule has 4 saturated carbocycles. The van der Waals surface area contributed by atoms with Crippen LogP contribution in [-0.4, -0.2) is 10.9 Å². The molecule has 1 N–H and O–H groups in total. The number of aromatic nitrogens is 1. The summed E-state index contributed by atoms with van der Waals surface area (Å²) in [5.74, 6) is 2.19. The lowest BCUT2D eigenvalue weighted by Gasteiger charge is -2.55. The number of hydrogen-bond acceptors (Lipinski definition) is 3. The number of carbonyl (C=O) groups is 1. The third kappa shape index (κ3) is 3.18. The van der Waals surface area contributed by atoms with E-state index >= 15 is 0 Å². The van der Waals surface area contributed by atoms with E-state index in [1.807, 2.05) is 0 Å². The lowest BCUT2D eigenvalue weighted by Crippen LogP contribution is -2.51. The summed E-state index contributed by atoms with van der Waals surface area (Å²) in [5.41, 5.74) is 1.63. The van der Waals surface area contributed by atoms with Gasteiger partial charge in [0.15, 0.2) is 5.13 Å². The van der Waals surface area contributed by atoms with Gasteiger partial charge in [0.25, 0.3) is 0 Å². The second kappa shape index (κ2) is 6.94. The Labute approximate surface area is 169 Å². The molecule has 4 bridgehead atoms. The smallest absolute Gasteiger partial charge is 0.232 e. The van der Waals surface area contributed by atoms with Crippen molar-refractivity contribution in [2.75, 3.05) is 5.32 Å². The van der Waals surface area contributed by atoms with Gasteiger partial charge in [0.1, 0.15) is 5.82 Å². The van der Waals surface area contributed by atoms with Crippen molar-refractivity contribution in [3.63, 3.8) is 0 Å². The summed E-state index contributed by atoms with van der Waals surface area (Å²) in [6, 6.07) is 6.48. The highest BCUT2D eigenvalue weighted by Crippen LogP contribution is 2.60. The highest BCUT2D eigenvalue weighted by molar-refractivity contribution is 7.16. The quantitative estimate of drug-likeness (QED) is 0.665. The molecule has 1 amide bonds. The van der Waals surface area contributed by atoms with Crippen LogP contribution in [-0.2, 0) is 11.2 Å². The van der Waals surface area contributed by atoms with Crippen molar-refractivity contribution in [2.24, 2.45) is 23.2 Å². The molecule has 0 aliphatic heterocycles. The van der Waals surface area contributed by atoms with Gasteiger partial charge in [-0.15, -0.1) is 11.3 Å². The van der Waals surface area contributed by atoms with E-state index in [2.05, 4.69) is 12.2 Å². The number of thiazole rings is 1. The van der Waals surface area contributed by atoms with Crippen LogP contribution in [0.3, 0.4) is 0 Å². The minimum Gasteiger partial charge on any atom is -0.301 e. The van der Waals surface area contributed by atoms with Crippen LogP contribution in [0, 0.1) is 29.0 Å². The average Bonchev–Trinajstić information content (AvgIpc) is 3.04. The largest absolute Gasteiger partial charge is 0.301 e. The van der Waals surface area contributed by atoms with Gasteiger partial charge < -0.3 is 5.32 Å². The maximum Gasteiger partial charge on any atom is 0.232 e. The number of aryl methyl sites for hydroxylation is 1. The minimum absolute atomic E-state index is 0.165. The fraction of sp³-hybridized carbons (Fsp3) is 0.565. The molecule has 4 aliphatic carbocycles. The Balaban J connectivity index is 1.40. The maximum absolute atomic E-state index is 13.3. The van der Waals surface area contributed by atoms with E-state index < -0.39 is 0 Å². The van der Waals surface area contributed by atoms with Gasteiger partial charge in [-0.1, -0.05) is 13.3 Å². The molecule has 2 aromatic rings. The van der Waals surface area contributed by atoms with E-state index in [1.54, 1.807) is 23.5 Å². The summed E-state index contributed by atoms with van der Waals surface area (Å²) in [4.78, 5) is 19.3. The molecule has 0 saturated heterocycles. The SMILES string of the molecule is CCCc1sc(NC(=O)C23CC4CC(CC(C4)C2)C3)nc1-c1ccc(F)cc1. The lowest BCUT2D eigenvalue weighted by molar-refractivity contribution is -0.140. The van der Waals surface area contributed by atoms with E-state index in [4.69, 9.17) is 4.98 Å². The number of hydrogen-bond donors (Lipinski definition) is 1. The molecule has 0 radical (unpaired) electrons. The molecule has 1 aromatic heterocycles. The summed E-state index contributed by atoms with van der Waals surface area (Å²) >= 11 is 1.58. The number of benzene rings is 1. The normalized spacial score (nSPS) is 30.6. The Bertz CT molecular complexity index is 853. The molecule has 1 aromatic carbocycles. The van der Waals surface area contributed by atoms with Gasteiger partial charge in [-0.25, -0.2) is 9.37 Å². The number of anilines is 1. The summed E-state index contributed by atoms with van der Waals surface area (Å²) in [5, 5.41) is 3.89. The molecule has 0 unspecified atom stereocenters. The fourth-order valence-electron chi connectivity index (χ4n) is 6.25. The molecular formula is C23H27FN2OS. The van der Waals surface area contributed by atoms with Crippen LogP contribution in [0.15, 0.2) is 24.3 Å². The number of halogens is 1. The van der Waals surface area contributed by atoms with Crippen LogP contribution in [0.4, 0.5) is 9.52 Å². The van der Waals surface area contributed by atoms with Gasteiger partial charge >= 0.3 is 0 Å². The van der Waals surface area contributed by atoms with Gasteiger partial charge in [0.2, 0.25) is 5.91 Å². The van der Waals surface area contributed by atoms with Crippen molar-refractivity contribution in [3.05, 3.63) is 35.0 Å². The molecular weight excluding hydrogens is 371 g/mol. The minimum atomic E-state index is -0.244. The Hall–Kier alpha value is -1.75. The number of nitrogens with zero attached hydrogens (tertiary/aromatic N) is 1. The standard InChI is InChI=1S/C23H27FN2OS/c1-2-3-19-20(17-4-6-18(24)7-5-17)25-22(28-19)26-21(27)23-11-14-8-15(12-23)10-16(9-14)13-23/h4-7,14-16H,2-3,8-13H2,1H3,(H,25,26,27). The zero-order valence-corrected chi connectivity index (χ0v) is 17.2. The molecule has 148 valence electrons. The van der Waals surface area contributed by atoms with Crippen molar-refractivity contribution in [2.45, 2.75) is 58.3 Å². The Kier molecular flexibility index (Phi) is 4.53. The topological polar surface area (TPSA) is 42.0 Å². The Morgan fingerprint density at radius 1 is 1.14 bits per heavy atom. The molecule has 4 fully saturated rings. The van der Waals surface area contributed by atoms with Crippen molar-refractivity contribution in [1.82, 2.24) is 4.98 Å². The van der Waals surface area contributed by atoms with Crippen LogP contribution < -0.4 is 5.32 Å². The maximum atomic E-state index is 13.3. The van der Waals surface area contributed by atoms with Crippen LogP contribution in [0.1, 0.15) is 56.7 Å². The predicted molar refractivity (Wildman–Crippen MR) is 111 cm³/mol. The van der Waals surface area contributed by atoms with E-state index in [-0.39, 0.29) is 17.1 Å². The molecule has 0 spiro atoms. The van der Waals surface area contributed by atoms with Crippen LogP contribution in [0.25, 0.3) is 11.3 Å². The molecule has 6 rings (SSSR count). The highest BCUT2D eigenvalue weighted by Gasteiger charge is 2.54. The van der Waals surface area contributed by atoms with Gasteiger partial charge in [-0.05, 0) is 87.0 Å². The molecule has 28 heavy (non-hydrogen) atoms. The van der Waals surface area contributed by atoms with Crippen LogP contribution in [0.2, 0.25) is 0 Å². The third-order valence-electron chi connectivity index (χ3n) is 7.03. The molecule has 5 heteroatoms. The zero-order chi connectivity index (χ0) is 19.3. The van der Waals surface area contributed by atoms with Gasteiger partial charge in [0.05, 0.1) is 11.1 Å². The van der Waals surface area contributed by atoms with Crippen LogP contribution in [0.5, 0.6) is 0 Å².